The van der Waals surface area contributed by atoms with Crippen molar-refractivity contribution in [3.63, 3.8) is 0 Å². The van der Waals surface area contributed by atoms with E-state index < -0.39 is 0 Å². The number of benzene rings is 2. The Morgan fingerprint density at radius 2 is 1.80 bits per heavy atom. The van der Waals surface area contributed by atoms with Gasteiger partial charge in [0.2, 0.25) is 0 Å². The maximum atomic E-state index is 11.9. The van der Waals surface area contributed by atoms with Crippen molar-refractivity contribution in [2.45, 2.75) is 6.92 Å². The summed E-state index contributed by atoms with van der Waals surface area (Å²) in [4.78, 5) is 15.2. The number of hydrogen-bond acceptors (Lipinski definition) is 2. The van der Waals surface area contributed by atoms with E-state index >= 15 is 0 Å². The molecule has 0 aliphatic carbocycles. The molecule has 0 radical (unpaired) electrons. The molecule has 0 aliphatic heterocycles. The number of rotatable bonds is 3. The van der Waals surface area contributed by atoms with E-state index in [1.807, 2.05) is 48.5 Å². The molecular formula is C16H13BrN2O. The van der Waals surface area contributed by atoms with E-state index in [4.69, 9.17) is 0 Å². The predicted octanol–water partition coefficient (Wildman–Crippen LogP) is 4.88. The minimum atomic E-state index is 0.0436. The van der Waals surface area contributed by atoms with Gasteiger partial charge in [-0.3, -0.25) is 4.79 Å². The van der Waals surface area contributed by atoms with Crippen molar-refractivity contribution in [2.24, 2.45) is 0 Å². The molecule has 0 saturated heterocycles. The van der Waals surface area contributed by atoms with E-state index in [-0.39, 0.29) is 5.78 Å². The molecule has 0 fully saturated rings. The first-order valence-electron chi connectivity index (χ1n) is 6.29. The summed E-state index contributed by atoms with van der Waals surface area (Å²) >= 11 is 3.41. The maximum absolute atomic E-state index is 11.9. The molecule has 0 bridgehead atoms. The lowest BCUT2D eigenvalue weighted by Gasteiger charge is -2.06. The summed E-state index contributed by atoms with van der Waals surface area (Å²) in [6, 6.07) is 15.6. The third kappa shape index (κ3) is 2.34. The summed E-state index contributed by atoms with van der Waals surface area (Å²) in [6.07, 6.45) is 0. The minimum Gasteiger partial charge on any atom is -0.341 e. The fourth-order valence-corrected chi connectivity index (χ4v) is 2.54. The van der Waals surface area contributed by atoms with Crippen LogP contribution in [-0.2, 0) is 0 Å². The Morgan fingerprint density at radius 1 is 1.10 bits per heavy atom. The smallest absolute Gasteiger partial charge is 0.164 e. The lowest BCUT2D eigenvalue weighted by Crippen LogP contribution is -1.98. The zero-order valence-corrected chi connectivity index (χ0v) is 12.5. The zero-order valence-electron chi connectivity index (χ0n) is 10.9. The SMILES string of the molecule is CC(=O)c1c(Nc2ccc(Br)cc2)[nH]c2ccccc12. The van der Waals surface area contributed by atoms with Crippen molar-refractivity contribution in [1.29, 1.82) is 0 Å². The first-order chi connectivity index (χ1) is 9.65. The van der Waals surface area contributed by atoms with Crippen molar-refractivity contribution >= 4 is 44.1 Å². The molecule has 0 saturated carbocycles. The van der Waals surface area contributed by atoms with Gasteiger partial charge in [0.25, 0.3) is 0 Å². The first kappa shape index (κ1) is 12.9. The van der Waals surface area contributed by atoms with Crippen LogP contribution in [0.4, 0.5) is 11.5 Å². The van der Waals surface area contributed by atoms with Gasteiger partial charge in [0.15, 0.2) is 5.78 Å². The highest BCUT2D eigenvalue weighted by atomic mass is 79.9. The van der Waals surface area contributed by atoms with E-state index in [1.54, 1.807) is 6.92 Å². The van der Waals surface area contributed by atoms with Crippen LogP contribution in [0.3, 0.4) is 0 Å². The van der Waals surface area contributed by atoms with Crippen LogP contribution in [0.2, 0.25) is 0 Å². The van der Waals surface area contributed by atoms with Gasteiger partial charge in [-0.15, -0.1) is 0 Å². The van der Waals surface area contributed by atoms with Crippen molar-refractivity contribution in [3.05, 3.63) is 58.6 Å². The lowest BCUT2D eigenvalue weighted by atomic mass is 10.1. The van der Waals surface area contributed by atoms with Crippen LogP contribution in [0.5, 0.6) is 0 Å². The number of halogens is 1. The number of para-hydroxylation sites is 1. The molecule has 3 aromatic rings. The van der Waals surface area contributed by atoms with Gasteiger partial charge in [-0.05, 0) is 37.3 Å². The molecule has 3 nitrogen and oxygen atoms in total. The molecule has 2 N–H and O–H groups in total. The fraction of sp³-hybridized carbons (Fsp3) is 0.0625. The number of aromatic amines is 1. The third-order valence-electron chi connectivity index (χ3n) is 3.17. The van der Waals surface area contributed by atoms with E-state index in [1.165, 1.54) is 0 Å². The van der Waals surface area contributed by atoms with Crippen LogP contribution in [0, 0.1) is 0 Å². The quantitative estimate of drug-likeness (QED) is 0.673. The number of hydrogen-bond donors (Lipinski definition) is 2. The topological polar surface area (TPSA) is 44.9 Å². The fourth-order valence-electron chi connectivity index (χ4n) is 2.28. The van der Waals surface area contributed by atoms with Gasteiger partial charge < -0.3 is 10.3 Å². The second kappa shape index (κ2) is 5.13. The highest BCUT2D eigenvalue weighted by molar-refractivity contribution is 9.10. The van der Waals surface area contributed by atoms with Crippen LogP contribution in [0.1, 0.15) is 17.3 Å². The van der Waals surface area contributed by atoms with E-state index in [0.717, 1.165) is 26.9 Å². The number of carbonyl (C=O) groups is 1. The number of carbonyl (C=O) groups excluding carboxylic acids is 1. The number of nitrogens with one attached hydrogen (secondary N) is 2. The summed E-state index contributed by atoms with van der Waals surface area (Å²) in [7, 11) is 0. The van der Waals surface area contributed by atoms with Gasteiger partial charge in [0, 0.05) is 21.1 Å². The normalized spacial score (nSPS) is 10.7. The van der Waals surface area contributed by atoms with Crippen molar-refractivity contribution in [2.75, 3.05) is 5.32 Å². The van der Waals surface area contributed by atoms with Gasteiger partial charge in [-0.1, -0.05) is 34.1 Å². The standard InChI is InChI=1S/C16H13BrN2O/c1-10(20)15-13-4-2-3-5-14(13)19-16(15)18-12-8-6-11(17)7-9-12/h2-9,18-19H,1H3. The number of H-pyrrole nitrogens is 1. The molecule has 0 amide bonds. The van der Waals surface area contributed by atoms with Crippen LogP contribution in [-0.4, -0.2) is 10.8 Å². The van der Waals surface area contributed by atoms with E-state index in [9.17, 15) is 4.79 Å². The molecule has 3 rings (SSSR count). The molecular weight excluding hydrogens is 316 g/mol. The molecule has 100 valence electrons. The van der Waals surface area contributed by atoms with Crippen molar-refractivity contribution < 1.29 is 4.79 Å². The van der Waals surface area contributed by atoms with Crippen molar-refractivity contribution in [1.82, 2.24) is 4.98 Å². The molecule has 1 aromatic heterocycles. The lowest BCUT2D eigenvalue weighted by molar-refractivity contribution is 0.102. The molecule has 20 heavy (non-hydrogen) atoms. The molecule has 0 spiro atoms. The monoisotopic (exact) mass is 328 g/mol. The minimum absolute atomic E-state index is 0.0436. The van der Waals surface area contributed by atoms with Crippen LogP contribution < -0.4 is 5.32 Å². The van der Waals surface area contributed by atoms with Gasteiger partial charge in [0.1, 0.15) is 5.82 Å². The van der Waals surface area contributed by atoms with Crippen molar-refractivity contribution in [3.8, 4) is 0 Å². The second-order valence-electron chi connectivity index (χ2n) is 4.61. The van der Waals surface area contributed by atoms with Crippen LogP contribution in [0.15, 0.2) is 53.0 Å². The average Bonchev–Trinajstić information content (AvgIpc) is 2.79. The van der Waals surface area contributed by atoms with E-state index in [0.29, 0.717) is 5.56 Å². The average molecular weight is 329 g/mol. The zero-order chi connectivity index (χ0) is 14.1. The Labute approximate surface area is 125 Å². The number of Topliss-reactive ketones (excluding diaryl/α,β-unsaturated/α-hetero) is 1. The summed E-state index contributed by atoms with van der Waals surface area (Å²) in [6.45, 7) is 1.59. The molecule has 4 heteroatoms. The third-order valence-corrected chi connectivity index (χ3v) is 3.70. The predicted molar refractivity (Wildman–Crippen MR) is 85.7 cm³/mol. The molecule has 0 aliphatic rings. The number of aromatic nitrogens is 1. The molecule has 0 unspecified atom stereocenters. The van der Waals surface area contributed by atoms with Gasteiger partial charge in [-0.25, -0.2) is 0 Å². The maximum Gasteiger partial charge on any atom is 0.164 e. The van der Waals surface area contributed by atoms with Gasteiger partial charge in [0.05, 0.1) is 5.56 Å². The summed E-state index contributed by atoms with van der Waals surface area (Å²) in [5.74, 6) is 0.781. The van der Waals surface area contributed by atoms with Crippen LogP contribution >= 0.6 is 15.9 Å². The highest BCUT2D eigenvalue weighted by Gasteiger charge is 2.14. The Hall–Kier alpha value is -2.07. The Bertz CT molecular complexity index is 775. The Balaban J connectivity index is 2.08. The molecule has 2 aromatic carbocycles. The largest absolute Gasteiger partial charge is 0.341 e. The highest BCUT2D eigenvalue weighted by Crippen LogP contribution is 2.29. The molecule has 1 heterocycles. The van der Waals surface area contributed by atoms with Crippen LogP contribution in [0.25, 0.3) is 10.9 Å². The summed E-state index contributed by atoms with van der Waals surface area (Å²) < 4.78 is 1.02. The molecule has 0 atom stereocenters. The Morgan fingerprint density at radius 3 is 2.50 bits per heavy atom. The van der Waals surface area contributed by atoms with Gasteiger partial charge >= 0.3 is 0 Å². The van der Waals surface area contributed by atoms with E-state index in [2.05, 4.69) is 26.2 Å². The summed E-state index contributed by atoms with van der Waals surface area (Å²) in [5.41, 5.74) is 2.59. The second-order valence-corrected chi connectivity index (χ2v) is 5.52. The Kier molecular flexibility index (Phi) is 3.32. The summed E-state index contributed by atoms with van der Waals surface area (Å²) in [5, 5.41) is 4.22. The number of ketones is 1. The first-order valence-corrected chi connectivity index (χ1v) is 7.08. The van der Waals surface area contributed by atoms with Gasteiger partial charge in [-0.2, -0.15) is 0 Å². The number of anilines is 2. The number of fused-ring (bicyclic) bond motifs is 1.